The van der Waals surface area contributed by atoms with Crippen LogP contribution in [0, 0.1) is 0 Å². The summed E-state index contributed by atoms with van der Waals surface area (Å²) in [5.74, 6) is -5.78. The van der Waals surface area contributed by atoms with Gasteiger partial charge in [-0.15, -0.1) is 10.2 Å². The van der Waals surface area contributed by atoms with Gasteiger partial charge in [0.15, 0.2) is 0 Å². The van der Waals surface area contributed by atoms with E-state index in [1.165, 1.54) is 6.08 Å². The molecule has 0 fully saturated rings. The maximum absolute atomic E-state index is 9.90. The third kappa shape index (κ3) is 4.29. The number of allylic oxidation sites excluding steroid dienone is 2. The van der Waals surface area contributed by atoms with Crippen LogP contribution in [0.1, 0.15) is 11.4 Å². The fourth-order valence-electron chi connectivity index (χ4n) is 1.43. The standard InChI is InChI=1S/C11H20N6O4S/c1-15-7(13)3-2-6(12)11(20,21)10(18,19)5-4-8-16-17-9(14)22-8/h2-3,15,18-21H,4-5,12-13H2,1H3,(H2,14,17)/b6-2-,7-3+. The van der Waals surface area contributed by atoms with Crippen LogP contribution in [0.15, 0.2) is 23.7 Å². The fraction of sp³-hybridized carbons (Fsp3) is 0.455. The molecule has 0 saturated carbocycles. The molecule has 0 spiro atoms. The van der Waals surface area contributed by atoms with Crippen LogP contribution in [-0.2, 0) is 6.42 Å². The van der Waals surface area contributed by atoms with Gasteiger partial charge in [0.25, 0.3) is 5.79 Å². The van der Waals surface area contributed by atoms with Crippen LogP contribution in [0.25, 0.3) is 0 Å². The lowest BCUT2D eigenvalue weighted by Gasteiger charge is -2.35. The van der Waals surface area contributed by atoms with Gasteiger partial charge in [0, 0.05) is 19.9 Å². The molecule has 124 valence electrons. The molecule has 0 saturated heterocycles. The second-order valence-electron chi connectivity index (χ2n) is 4.52. The number of aromatic nitrogens is 2. The van der Waals surface area contributed by atoms with Crippen molar-refractivity contribution in [2.24, 2.45) is 11.5 Å². The van der Waals surface area contributed by atoms with Crippen molar-refractivity contribution in [3.05, 3.63) is 28.7 Å². The van der Waals surface area contributed by atoms with E-state index in [1.807, 2.05) is 0 Å². The van der Waals surface area contributed by atoms with Crippen molar-refractivity contribution in [1.82, 2.24) is 15.5 Å². The highest BCUT2D eigenvalue weighted by Crippen LogP contribution is 2.28. The van der Waals surface area contributed by atoms with E-state index >= 15 is 0 Å². The van der Waals surface area contributed by atoms with E-state index in [4.69, 9.17) is 17.2 Å². The van der Waals surface area contributed by atoms with Gasteiger partial charge in [-0.05, 0) is 12.2 Å². The molecule has 0 unspecified atom stereocenters. The molecule has 1 heterocycles. The van der Waals surface area contributed by atoms with Gasteiger partial charge in [-0.3, -0.25) is 0 Å². The molecule has 0 radical (unpaired) electrons. The summed E-state index contributed by atoms with van der Waals surface area (Å²) in [6, 6.07) is 0. The number of rotatable bonds is 7. The number of nitrogen functional groups attached to an aromatic ring is 1. The van der Waals surface area contributed by atoms with Crippen LogP contribution in [0.5, 0.6) is 0 Å². The first-order valence-corrected chi connectivity index (χ1v) is 7.00. The number of aryl methyl sites for hydroxylation is 1. The molecule has 10 nitrogen and oxygen atoms in total. The number of aliphatic hydroxyl groups is 4. The van der Waals surface area contributed by atoms with Gasteiger partial charge in [0.1, 0.15) is 5.01 Å². The third-order valence-electron chi connectivity index (χ3n) is 2.86. The Morgan fingerprint density at radius 1 is 1.23 bits per heavy atom. The normalized spacial score (nSPS) is 14.2. The second kappa shape index (κ2) is 6.89. The minimum absolute atomic E-state index is 0.0203. The topological polar surface area (TPSA) is 197 Å². The minimum atomic E-state index is -3.08. The number of anilines is 1. The van der Waals surface area contributed by atoms with Crippen molar-refractivity contribution in [3.63, 3.8) is 0 Å². The van der Waals surface area contributed by atoms with E-state index < -0.39 is 23.7 Å². The lowest BCUT2D eigenvalue weighted by Crippen LogP contribution is -2.57. The first-order valence-electron chi connectivity index (χ1n) is 6.18. The van der Waals surface area contributed by atoms with Crippen LogP contribution in [0.2, 0.25) is 0 Å². The Kier molecular flexibility index (Phi) is 5.68. The Labute approximate surface area is 130 Å². The summed E-state index contributed by atoms with van der Waals surface area (Å²) in [7, 11) is 1.55. The predicted molar refractivity (Wildman–Crippen MR) is 80.6 cm³/mol. The molecule has 0 bridgehead atoms. The Morgan fingerprint density at radius 2 is 1.86 bits per heavy atom. The number of hydrogen-bond donors (Lipinski definition) is 8. The van der Waals surface area contributed by atoms with Crippen molar-refractivity contribution in [2.45, 2.75) is 24.4 Å². The molecule has 0 aliphatic rings. The van der Waals surface area contributed by atoms with Gasteiger partial charge >= 0.3 is 0 Å². The minimum Gasteiger partial charge on any atom is -0.397 e. The molecule has 11 N–H and O–H groups in total. The summed E-state index contributed by atoms with van der Waals surface area (Å²) in [4.78, 5) is 0. The summed E-state index contributed by atoms with van der Waals surface area (Å²) in [6.45, 7) is 0. The molecule has 1 aromatic rings. The van der Waals surface area contributed by atoms with Crippen LogP contribution in [0.4, 0.5) is 5.13 Å². The van der Waals surface area contributed by atoms with Gasteiger partial charge in [-0.1, -0.05) is 11.3 Å². The zero-order valence-electron chi connectivity index (χ0n) is 11.9. The molecule has 22 heavy (non-hydrogen) atoms. The smallest absolute Gasteiger partial charge is 0.260 e. The number of nitrogens with two attached hydrogens (primary N) is 3. The van der Waals surface area contributed by atoms with Gasteiger partial charge in [-0.2, -0.15) is 0 Å². The third-order valence-corrected chi connectivity index (χ3v) is 3.67. The number of nitrogens with zero attached hydrogens (tertiary/aromatic N) is 2. The van der Waals surface area contributed by atoms with Crippen molar-refractivity contribution in [2.75, 3.05) is 12.8 Å². The predicted octanol–water partition coefficient (Wildman–Crippen LogP) is -2.72. The van der Waals surface area contributed by atoms with Gasteiger partial charge < -0.3 is 42.9 Å². The lowest BCUT2D eigenvalue weighted by atomic mass is 9.97. The highest BCUT2D eigenvalue weighted by atomic mass is 32.1. The van der Waals surface area contributed by atoms with Crippen molar-refractivity contribution in [1.29, 1.82) is 0 Å². The van der Waals surface area contributed by atoms with Gasteiger partial charge in [0.05, 0.1) is 11.5 Å². The molecule has 11 heteroatoms. The van der Waals surface area contributed by atoms with Crippen LogP contribution >= 0.6 is 11.3 Å². The van der Waals surface area contributed by atoms with E-state index in [2.05, 4.69) is 15.5 Å². The Balaban J connectivity index is 2.83. The maximum Gasteiger partial charge on any atom is 0.260 e. The van der Waals surface area contributed by atoms with E-state index in [9.17, 15) is 20.4 Å². The molecule has 0 aromatic carbocycles. The van der Waals surface area contributed by atoms with Crippen molar-refractivity contribution < 1.29 is 20.4 Å². The molecule has 0 atom stereocenters. The van der Waals surface area contributed by atoms with E-state index in [1.54, 1.807) is 7.05 Å². The lowest BCUT2D eigenvalue weighted by molar-refractivity contribution is -0.340. The summed E-state index contributed by atoms with van der Waals surface area (Å²) >= 11 is 1.05. The Hall–Kier alpha value is -1.92. The second-order valence-corrected chi connectivity index (χ2v) is 5.61. The van der Waals surface area contributed by atoms with Crippen LogP contribution < -0.4 is 22.5 Å². The molecule has 1 aromatic heterocycles. The molecule has 1 rings (SSSR count). The highest BCUT2D eigenvalue weighted by molar-refractivity contribution is 7.15. The molecule has 0 aliphatic carbocycles. The van der Waals surface area contributed by atoms with Crippen LogP contribution in [-0.4, -0.2) is 49.2 Å². The Morgan fingerprint density at radius 3 is 2.36 bits per heavy atom. The first kappa shape index (κ1) is 18.1. The van der Waals surface area contributed by atoms with E-state index in [0.717, 1.165) is 17.4 Å². The zero-order valence-corrected chi connectivity index (χ0v) is 12.7. The largest absolute Gasteiger partial charge is 0.397 e. The van der Waals surface area contributed by atoms with Crippen molar-refractivity contribution in [3.8, 4) is 0 Å². The number of nitrogens with one attached hydrogen (secondary N) is 1. The number of hydrogen-bond acceptors (Lipinski definition) is 11. The average molecular weight is 332 g/mol. The summed E-state index contributed by atoms with van der Waals surface area (Å²) in [6.07, 6.45) is 1.87. The summed E-state index contributed by atoms with van der Waals surface area (Å²) < 4.78 is 0. The molecular formula is C11H20N6O4S. The average Bonchev–Trinajstić information content (AvgIpc) is 2.87. The van der Waals surface area contributed by atoms with E-state index in [-0.39, 0.29) is 17.4 Å². The fourth-order valence-corrected chi connectivity index (χ4v) is 2.04. The summed E-state index contributed by atoms with van der Waals surface area (Å²) in [5, 5.41) is 50.1. The van der Waals surface area contributed by atoms with Gasteiger partial charge in [0.2, 0.25) is 10.9 Å². The maximum atomic E-state index is 9.90. The van der Waals surface area contributed by atoms with Crippen molar-refractivity contribution >= 4 is 16.5 Å². The highest BCUT2D eigenvalue weighted by Gasteiger charge is 2.49. The Bertz CT molecular complexity index is 569. The SMILES string of the molecule is CN/C(N)=C/C=C(\N)C(O)(O)C(O)(O)CCc1nnc(N)s1. The molecular weight excluding hydrogens is 312 g/mol. The van der Waals surface area contributed by atoms with Gasteiger partial charge in [-0.25, -0.2) is 0 Å². The van der Waals surface area contributed by atoms with Crippen LogP contribution in [0.3, 0.4) is 0 Å². The zero-order chi connectivity index (χ0) is 17.0. The van der Waals surface area contributed by atoms with E-state index in [0.29, 0.717) is 5.01 Å². The quantitative estimate of drug-likeness (QED) is 0.192. The molecule has 0 aliphatic heterocycles. The molecule has 0 amide bonds. The monoisotopic (exact) mass is 332 g/mol. The first-order chi connectivity index (χ1) is 10.1. The summed E-state index contributed by atoms with van der Waals surface area (Å²) in [5.41, 5.74) is 15.7.